The van der Waals surface area contributed by atoms with Crippen molar-refractivity contribution in [1.29, 1.82) is 0 Å². The fraction of sp³-hybridized carbons (Fsp3) is 0.850. The smallest absolute Gasteiger partial charge is 0.244 e. The molecule has 3 fully saturated rings. The zero-order valence-electron chi connectivity index (χ0n) is 17.7. The second-order valence-corrected chi connectivity index (χ2v) is 12.2. The lowest BCUT2D eigenvalue weighted by atomic mass is 9.70. The topological polar surface area (TPSA) is 98.7 Å². The summed E-state index contributed by atoms with van der Waals surface area (Å²) in [7, 11) is 0. The number of aliphatic hydroxyl groups excluding tert-OH is 1. The van der Waals surface area contributed by atoms with Crippen LogP contribution >= 0.6 is 27.7 Å². The van der Waals surface area contributed by atoms with Crippen molar-refractivity contribution in [2.45, 2.75) is 79.9 Å². The highest BCUT2D eigenvalue weighted by Crippen LogP contribution is 2.67. The summed E-state index contributed by atoms with van der Waals surface area (Å²) in [6.45, 7) is 9.80. The molecule has 7 atom stereocenters. The lowest BCUT2D eigenvalue weighted by molar-refractivity contribution is -0.142. The van der Waals surface area contributed by atoms with Crippen molar-refractivity contribution in [2.75, 3.05) is 13.2 Å². The van der Waals surface area contributed by atoms with Gasteiger partial charge >= 0.3 is 0 Å². The molecular weight excluding hydrogens is 458 g/mol. The zero-order valence-corrected chi connectivity index (χ0v) is 20.1. The van der Waals surface area contributed by atoms with Crippen LogP contribution in [-0.2, 0) is 14.4 Å². The van der Waals surface area contributed by atoms with Crippen LogP contribution in [0.4, 0.5) is 0 Å². The van der Waals surface area contributed by atoms with Crippen LogP contribution in [0.15, 0.2) is 0 Å². The fourth-order valence-electron chi connectivity index (χ4n) is 5.03. The second-order valence-electron chi connectivity index (χ2n) is 9.47. The first kappa shape index (κ1) is 22.9. The predicted octanol–water partition coefficient (Wildman–Crippen LogP) is 1.27. The largest absolute Gasteiger partial charge is 0.394 e. The van der Waals surface area contributed by atoms with Gasteiger partial charge in [-0.15, -0.1) is 11.8 Å². The first-order valence-corrected chi connectivity index (χ1v) is 12.1. The Hall–Kier alpha value is -0.800. The third kappa shape index (κ3) is 3.71. The Bertz CT molecular complexity index is 700. The molecule has 2 bridgehead atoms. The summed E-state index contributed by atoms with van der Waals surface area (Å²) < 4.78 is -0.664. The Balaban J connectivity index is 2.03. The van der Waals surface area contributed by atoms with Gasteiger partial charge in [-0.3, -0.25) is 14.4 Å². The van der Waals surface area contributed by atoms with Crippen molar-refractivity contribution in [2.24, 2.45) is 11.8 Å². The minimum absolute atomic E-state index is 0.0441. The van der Waals surface area contributed by atoms with Crippen molar-refractivity contribution in [1.82, 2.24) is 15.5 Å². The summed E-state index contributed by atoms with van der Waals surface area (Å²) in [6.07, 6.45) is 1.47. The molecule has 164 valence electrons. The molecule has 0 aromatic rings. The van der Waals surface area contributed by atoms with Gasteiger partial charge in [-0.2, -0.15) is 0 Å². The number of nitrogens with zero attached hydrogens (tertiary/aromatic N) is 1. The van der Waals surface area contributed by atoms with Crippen molar-refractivity contribution < 1.29 is 19.5 Å². The number of nitrogens with one attached hydrogen (secondary N) is 2. The highest BCUT2D eigenvalue weighted by Gasteiger charge is 2.76. The molecule has 3 aliphatic rings. The van der Waals surface area contributed by atoms with Crippen LogP contribution in [0, 0.1) is 11.8 Å². The number of carbonyl (C=O) groups excluding carboxylic acids is 3. The number of thioether (sulfide) groups is 1. The number of hydrogen-bond acceptors (Lipinski definition) is 5. The third-order valence-electron chi connectivity index (χ3n) is 6.06. The second kappa shape index (κ2) is 8.04. The molecule has 29 heavy (non-hydrogen) atoms. The van der Waals surface area contributed by atoms with Crippen LogP contribution in [-0.4, -0.2) is 73.3 Å². The molecule has 0 aliphatic carbocycles. The van der Waals surface area contributed by atoms with Gasteiger partial charge in [0.2, 0.25) is 17.7 Å². The number of aliphatic hydroxyl groups is 1. The third-order valence-corrected chi connectivity index (χ3v) is 9.28. The normalized spacial score (nSPS) is 36.9. The van der Waals surface area contributed by atoms with Crippen LogP contribution in [0.3, 0.4) is 0 Å². The fourth-order valence-corrected chi connectivity index (χ4v) is 8.63. The first-order chi connectivity index (χ1) is 13.5. The van der Waals surface area contributed by atoms with Crippen LogP contribution in [0.25, 0.3) is 0 Å². The Morgan fingerprint density at radius 2 is 2.03 bits per heavy atom. The highest BCUT2D eigenvalue weighted by atomic mass is 79.9. The summed E-state index contributed by atoms with van der Waals surface area (Å²) in [6, 6.07) is -1.20. The van der Waals surface area contributed by atoms with E-state index in [4.69, 9.17) is 0 Å². The number of rotatable bonds is 6. The summed E-state index contributed by atoms with van der Waals surface area (Å²) in [5.74, 6) is -1.53. The summed E-state index contributed by atoms with van der Waals surface area (Å²) >= 11 is 5.34. The van der Waals surface area contributed by atoms with Crippen molar-refractivity contribution in [3.63, 3.8) is 0 Å². The first-order valence-electron chi connectivity index (χ1n) is 10.3. The monoisotopic (exact) mass is 489 g/mol. The molecule has 3 amide bonds. The Kier molecular flexibility index (Phi) is 6.34. The quantitative estimate of drug-likeness (QED) is 0.488. The molecule has 0 aromatic carbocycles. The van der Waals surface area contributed by atoms with Gasteiger partial charge in [0.05, 0.1) is 29.2 Å². The van der Waals surface area contributed by atoms with E-state index in [0.717, 1.165) is 6.42 Å². The number of alkyl halides is 1. The van der Waals surface area contributed by atoms with Gasteiger partial charge in [0.1, 0.15) is 6.04 Å². The van der Waals surface area contributed by atoms with E-state index in [2.05, 4.69) is 26.6 Å². The van der Waals surface area contributed by atoms with E-state index in [1.165, 1.54) is 0 Å². The minimum Gasteiger partial charge on any atom is -0.394 e. The van der Waals surface area contributed by atoms with E-state index in [9.17, 15) is 19.5 Å². The molecule has 0 aromatic heterocycles. The molecule has 3 saturated heterocycles. The average molecular weight is 490 g/mol. The van der Waals surface area contributed by atoms with Crippen LogP contribution in [0.2, 0.25) is 0 Å². The van der Waals surface area contributed by atoms with E-state index >= 15 is 0 Å². The van der Waals surface area contributed by atoms with Gasteiger partial charge in [-0.05, 0) is 40.5 Å². The van der Waals surface area contributed by atoms with Crippen LogP contribution in [0.1, 0.15) is 47.5 Å². The van der Waals surface area contributed by atoms with Gasteiger partial charge in [0, 0.05) is 22.2 Å². The molecule has 3 N–H and O–H groups in total. The Morgan fingerprint density at radius 3 is 2.59 bits per heavy atom. The molecule has 7 nitrogen and oxygen atoms in total. The van der Waals surface area contributed by atoms with Gasteiger partial charge in [0.25, 0.3) is 0 Å². The molecule has 9 heteroatoms. The number of hydrogen-bond donors (Lipinski definition) is 3. The Morgan fingerprint density at radius 1 is 1.38 bits per heavy atom. The molecule has 3 unspecified atom stereocenters. The summed E-state index contributed by atoms with van der Waals surface area (Å²) in [4.78, 5) is 41.6. The van der Waals surface area contributed by atoms with Gasteiger partial charge in [0.15, 0.2) is 0 Å². The van der Waals surface area contributed by atoms with Gasteiger partial charge < -0.3 is 20.6 Å². The van der Waals surface area contributed by atoms with Crippen LogP contribution in [0.5, 0.6) is 0 Å². The van der Waals surface area contributed by atoms with E-state index in [0.29, 0.717) is 13.0 Å². The number of likely N-dealkylation sites (tertiary alicyclic amines) is 1. The minimum atomic E-state index is -0.708. The standard InChI is InChI=1S/C20H32BrN3O4S/c1-6-7-22-16(26)12-13-18(28)24(10(2)9-25)15(17(27)23-19(3,4)5)20(13)8-11(21)14(12)29-20/h10-15,25H,6-9H2,1-5H3,(H,22,26)(H,23,27)/t10-,11?,12-,13+,14-,15?,20?/m1/s1. The average Bonchev–Trinajstić information content (AvgIpc) is 3.21. The maximum absolute atomic E-state index is 13.6. The SMILES string of the molecule is CCCNC(=O)[C@H]1[C@@H]2SC3(CC2Br)C(C(=O)NC(C)(C)C)N([C@H](C)CO)C(=O)[C@H]13. The maximum atomic E-state index is 13.6. The lowest BCUT2D eigenvalue weighted by Crippen LogP contribution is -2.59. The highest BCUT2D eigenvalue weighted by molar-refractivity contribution is 9.09. The molecule has 3 aliphatic heterocycles. The molecule has 3 heterocycles. The number of halogens is 1. The van der Waals surface area contributed by atoms with Crippen molar-refractivity contribution in [3.05, 3.63) is 0 Å². The van der Waals surface area contributed by atoms with Crippen LogP contribution < -0.4 is 10.6 Å². The molecule has 0 radical (unpaired) electrons. The molecular formula is C20H32BrN3O4S. The lowest BCUT2D eigenvalue weighted by Gasteiger charge is -2.38. The Labute approximate surface area is 185 Å². The zero-order chi connectivity index (χ0) is 21.7. The van der Waals surface area contributed by atoms with E-state index in [-0.39, 0.29) is 34.4 Å². The number of carbonyl (C=O) groups is 3. The van der Waals surface area contributed by atoms with E-state index < -0.39 is 34.2 Å². The maximum Gasteiger partial charge on any atom is 0.244 e. The summed E-state index contributed by atoms with van der Waals surface area (Å²) in [5, 5.41) is 15.7. The molecule has 1 spiro atoms. The number of fused-ring (bicyclic) bond motifs is 1. The summed E-state index contributed by atoms with van der Waals surface area (Å²) in [5.41, 5.74) is -0.448. The van der Waals surface area contributed by atoms with Crippen molar-refractivity contribution >= 4 is 45.4 Å². The molecule has 0 saturated carbocycles. The molecule has 3 rings (SSSR count). The van der Waals surface area contributed by atoms with E-state index in [1.54, 1.807) is 23.6 Å². The van der Waals surface area contributed by atoms with E-state index in [1.807, 2.05) is 27.7 Å². The van der Waals surface area contributed by atoms with Gasteiger partial charge in [-0.1, -0.05) is 22.9 Å². The van der Waals surface area contributed by atoms with Crippen molar-refractivity contribution in [3.8, 4) is 0 Å². The number of amides is 3. The predicted molar refractivity (Wildman–Crippen MR) is 117 cm³/mol. The van der Waals surface area contributed by atoms with Gasteiger partial charge in [-0.25, -0.2) is 0 Å².